The quantitative estimate of drug-likeness (QED) is 0.717. The van der Waals surface area contributed by atoms with Gasteiger partial charge in [-0.2, -0.15) is 0 Å². The molecule has 1 fully saturated rings. The predicted molar refractivity (Wildman–Crippen MR) is 58.9 cm³/mol. The summed E-state index contributed by atoms with van der Waals surface area (Å²) in [5.74, 6) is 0.920. The molecule has 4 heteroatoms. The van der Waals surface area contributed by atoms with Crippen LogP contribution in [-0.2, 0) is 0 Å². The van der Waals surface area contributed by atoms with Crippen molar-refractivity contribution in [1.29, 1.82) is 0 Å². The number of nitrogens with zero attached hydrogens (tertiary/aromatic N) is 2. The van der Waals surface area contributed by atoms with Gasteiger partial charge in [0.2, 0.25) is 0 Å². The van der Waals surface area contributed by atoms with Crippen LogP contribution < -0.4 is 15.5 Å². The Morgan fingerprint density at radius 1 is 1.36 bits per heavy atom. The summed E-state index contributed by atoms with van der Waals surface area (Å²) in [5.41, 5.74) is 1.21. The van der Waals surface area contributed by atoms with Crippen LogP contribution in [0, 0.1) is 0 Å². The average Bonchev–Trinajstić information content (AvgIpc) is 2.30. The molecule has 0 spiro atoms. The van der Waals surface area contributed by atoms with Crippen molar-refractivity contribution in [3.05, 3.63) is 18.3 Å². The van der Waals surface area contributed by atoms with Crippen LogP contribution in [0.25, 0.3) is 0 Å². The maximum absolute atomic E-state index is 4.30. The lowest BCUT2D eigenvalue weighted by Crippen LogP contribution is -2.43. The van der Waals surface area contributed by atoms with Crippen LogP contribution >= 0.6 is 0 Å². The van der Waals surface area contributed by atoms with Gasteiger partial charge in [0.25, 0.3) is 0 Å². The first-order chi connectivity index (χ1) is 6.90. The Morgan fingerprint density at radius 3 is 2.71 bits per heavy atom. The van der Waals surface area contributed by atoms with Crippen molar-refractivity contribution in [3.63, 3.8) is 0 Å². The normalized spacial score (nSPS) is 16.8. The number of anilines is 2. The van der Waals surface area contributed by atoms with Crippen molar-refractivity contribution < 1.29 is 0 Å². The van der Waals surface area contributed by atoms with Crippen molar-refractivity contribution in [2.24, 2.45) is 0 Å². The topological polar surface area (TPSA) is 40.2 Å². The Hall–Kier alpha value is -1.29. The number of aromatic nitrogens is 1. The summed E-state index contributed by atoms with van der Waals surface area (Å²) < 4.78 is 0. The molecule has 0 aliphatic carbocycles. The Kier molecular flexibility index (Phi) is 2.84. The smallest absolute Gasteiger partial charge is 0.125 e. The molecule has 0 saturated carbocycles. The summed E-state index contributed by atoms with van der Waals surface area (Å²) in [6.45, 7) is 4.27. The fourth-order valence-corrected chi connectivity index (χ4v) is 1.64. The fraction of sp³-hybridized carbons (Fsp3) is 0.500. The lowest BCUT2D eigenvalue weighted by molar-refractivity contribution is 0.589. The lowest BCUT2D eigenvalue weighted by atomic mass is 10.3. The van der Waals surface area contributed by atoms with E-state index in [0.29, 0.717) is 0 Å². The summed E-state index contributed by atoms with van der Waals surface area (Å²) in [5, 5.41) is 6.35. The number of piperazine rings is 1. The standard InChI is InChI=1S/C10H16N4/c1-11-10-3-2-9(8-13-10)14-6-4-12-5-7-14/h2-3,8,12H,4-7H2,1H3,(H,11,13). The van der Waals surface area contributed by atoms with E-state index in [0.717, 1.165) is 32.0 Å². The van der Waals surface area contributed by atoms with Gasteiger partial charge in [-0.25, -0.2) is 4.98 Å². The summed E-state index contributed by atoms with van der Waals surface area (Å²) in [4.78, 5) is 6.65. The molecule has 0 radical (unpaired) electrons. The zero-order valence-electron chi connectivity index (χ0n) is 8.45. The number of hydrogen-bond donors (Lipinski definition) is 2. The van der Waals surface area contributed by atoms with Crippen LogP contribution in [0.3, 0.4) is 0 Å². The molecule has 0 bridgehead atoms. The van der Waals surface area contributed by atoms with Crippen molar-refractivity contribution in [2.75, 3.05) is 43.4 Å². The van der Waals surface area contributed by atoms with Crippen molar-refractivity contribution in [3.8, 4) is 0 Å². The molecular formula is C10H16N4. The van der Waals surface area contributed by atoms with Gasteiger partial charge < -0.3 is 15.5 Å². The zero-order chi connectivity index (χ0) is 9.80. The van der Waals surface area contributed by atoms with E-state index in [1.807, 2.05) is 19.3 Å². The molecule has 1 aliphatic rings. The highest BCUT2D eigenvalue weighted by Gasteiger charge is 2.09. The molecule has 2 N–H and O–H groups in total. The highest BCUT2D eigenvalue weighted by Crippen LogP contribution is 2.14. The molecule has 2 rings (SSSR count). The molecule has 0 amide bonds. The number of pyridine rings is 1. The second kappa shape index (κ2) is 4.28. The second-order valence-electron chi connectivity index (χ2n) is 3.39. The molecule has 1 aromatic rings. The van der Waals surface area contributed by atoms with Crippen LogP contribution in [0.2, 0.25) is 0 Å². The Bertz CT molecular complexity index is 277. The minimum Gasteiger partial charge on any atom is -0.373 e. The first kappa shape index (κ1) is 9.27. The number of nitrogens with one attached hydrogen (secondary N) is 2. The van der Waals surface area contributed by atoms with Crippen LogP contribution in [0.5, 0.6) is 0 Å². The fourth-order valence-electron chi connectivity index (χ4n) is 1.64. The lowest BCUT2D eigenvalue weighted by Gasteiger charge is -2.29. The van der Waals surface area contributed by atoms with Gasteiger partial charge in [0.15, 0.2) is 0 Å². The molecule has 4 nitrogen and oxygen atoms in total. The molecule has 0 atom stereocenters. The number of hydrogen-bond acceptors (Lipinski definition) is 4. The third-order valence-corrected chi connectivity index (χ3v) is 2.49. The average molecular weight is 192 g/mol. The highest BCUT2D eigenvalue weighted by atomic mass is 15.2. The molecule has 14 heavy (non-hydrogen) atoms. The summed E-state index contributed by atoms with van der Waals surface area (Å²) in [6, 6.07) is 4.13. The van der Waals surface area contributed by atoms with Crippen molar-refractivity contribution in [2.45, 2.75) is 0 Å². The van der Waals surface area contributed by atoms with Crippen molar-refractivity contribution >= 4 is 11.5 Å². The van der Waals surface area contributed by atoms with Gasteiger partial charge in [-0.15, -0.1) is 0 Å². The van der Waals surface area contributed by atoms with E-state index in [-0.39, 0.29) is 0 Å². The maximum atomic E-state index is 4.30. The van der Waals surface area contributed by atoms with Gasteiger partial charge >= 0.3 is 0 Å². The molecule has 1 aromatic heterocycles. The van der Waals surface area contributed by atoms with E-state index < -0.39 is 0 Å². The summed E-state index contributed by atoms with van der Waals surface area (Å²) in [7, 11) is 1.88. The van der Waals surface area contributed by atoms with Gasteiger partial charge in [-0.1, -0.05) is 0 Å². The molecule has 1 aliphatic heterocycles. The van der Waals surface area contributed by atoms with Crippen LogP contribution in [-0.4, -0.2) is 38.2 Å². The predicted octanol–water partition coefficient (Wildman–Crippen LogP) is 0.533. The summed E-state index contributed by atoms with van der Waals surface area (Å²) in [6.07, 6.45) is 1.93. The van der Waals surface area contributed by atoms with Gasteiger partial charge in [0.05, 0.1) is 11.9 Å². The van der Waals surface area contributed by atoms with Gasteiger partial charge in [-0.05, 0) is 12.1 Å². The van der Waals surface area contributed by atoms with E-state index in [1.165, 1.54) is 5.69 Å². The molecule has 76 valence electrons. The molecule has 0 aromatic carbocycles. The van der Waals surface area contributed by atoms with Gasteiger partial charge in [0.1, 0.15) is 5.82 Å². The number of rotatable bonds is 2. The van der Waals surface area contributed by atoms with E-state index in [4.69, 9.17) is 0 Å². The molecule has 0 unspecified atom stereocenters. The van der Waals surface area contributed by atoms with Crippen LogP contribution in [0.15, 0.2) is 18.3 Å². The Balaban J connectivity index is 2.07. The van der Waals surface area contributed by atoms with Crippen molar-refractivity contribution in [1.82, 2.24) is 10.3 Å². The highest BCUT2D eigenvalue weighted by molar-refractivity contribution is 5.49. The van der Waals surface area contributed by atoms with Gasteiger partial charge in [-0.3, -0.25) is 0 Å². The second-order valence-corrected chi connectivity index (χ2v) is 3.39. The van der Waals surface area contributed by atoms with Gasteiger partial charge in [0, 0.05) is 33.2 Å². The minimum atomic E-state index is 0.920. The van der Waals surface area contributed by atoms with Crippen LogP contribution in [0.1, 0.15) is 0 Å². The first-order valence-corrected chi connectivity index (χ1v) is 4.99. The molecular weight excluding hydrogens is 176 g/mol. The largest absolute Gasteiger partial charge is 0.373 e. The van der Waals surface area contributed by atoms with E-state index in [1.54, 1.807) is 0 Å². The molecule has 2 heterocycles. The Morgan fingerprint density at radius 2 is 2.14 bits per heavy atom. The third-order valence-electron chi connectivity index (χ3n) is 2.49. The summed E-state index contributed by atoms with van der Waals surface area (Å²) >= 11 is 0. The SMILES string of the molecule is CNc1ccc(N2CCNCC2)cn1. The van der Waals surface area contributed by atoms with E-state index in [2.05, 4.69) is 26.6 Å². The van der Waals surface area contributed by atoms with Crippen LogP contribution in [0.4, 0.5) is 11.5 Å². The minimum absolute atomic E-state index is 0.920. The first-order valence-electron chi connectivity index (χ1n) is 4.99. The molecule has 1 saturated heterocycles. The zero-order valence-corrected chi connectivity index (χ0v) is 8.45. The van der Waals surface area contributed by atoms with E-state index >= 15 is 0 Å². The third kappa shape index (κ3) is 1.96. The monoisotopic (exact) mass is 192 g/mol. The Labute approximate surface area is 84.3 Å². The van der Waals surface area contributed by atoms with E-state index in [9.17, 15) is 0 Å². The maximum Gasteiger partial charge on any atom is 0.125 e.